The standard InChI is InChI=1S/C10H12N2O2/c11-7-3-1-2-6-4-5-8(10(13)14)12-9(6)7/h1-3,8,12H,4-5,11H2,(H,13,14). The maximum atomic E-state index is 10.8. The SMILES string of the molecule is Nc1cccc2c1NC(C(=O)O)CC2. The molecule has 0 aliphatic carbocycles. The van der Waals surface area contributed by atoms with Crippen molar-refractivity contribution in [1.82, 2.24) is 0 Å². The molecule has 1 aliphatic rings. The van der Waals surface area contributed by atoms with Crippen LogP contribution in [0.15, 0.2) is 18.2 Å². The number of carbonyl (C=O) groups is 1. The average molecular weight is 192 g/mol. The number of carboxylic acid groups (broad SMARTS) is 1. The van der Waals surface area contributed by atoms with E-state index in [0.717, 1.165) is 17.7 Å². The fourth-order valence-electron chi connectivity index (χ4n) is 1.74. The Bertz CT molecular complexity index is 376. The number of aryl methyl sites for hydroxylation is 1. The molecule has 14 heavy (non-hydrogen) atoms. The van der Waals surface area contributed by atoms with Gasteiger partial charge in [-0.2, -0.15) is 0 Å². The maximum Gasteiger partial charge on any atom is 0.326 e. The van der Waals surface area contributed by atoms with Crippen LogP contribution in [0, 0.1) is 0 Å². The number of nitrogen functional groups attached to an aromatic ring is 1. The molecular formula is C10H12N2O2. The Kier molecular flexibility index (Phi) is 2.04. The fourth-order valence-corrected chi connectivity index (χ4v) is 1.74. The van der Waals surface area contributed by atoms with Crippen molar-refractivity contribution in [2.75, 3.05) is 11.1 Å². The molecule has 0 amide bonds. The second-order valence-corrected chi connectivity index (χ2v) is 3.46. The van der Waals surface area contributed by atoms with Gasteiger partial charge >= 0.3 is 5.97 Å². The number of rotatable bonds is 1. The molecule has 0 radical (unpaired) electrons. The summed E-state index contributed by atoms with van der Waals surface area (Å²) >= 11 is 0. The Morgan fingerprint density at radius 3 is 3.07 bits per heavy atom. The Labute approximate surface area is 81.7 Å². The van der Waals surface area contributed by atoms with Crippen molar-refractivity contribution in [3.63, 3.8) is 0 Å². The molecule has 1 unspecified atom stereocenters. The van der Waals surface area contributed by atoms with Crippen molar-refractivity contribution in [3.05, 3.63) is 23.8 Å². The Hall–Kier alpha value is -1.71. The first-order valence-electron chi connectivity index (χ1n) is 4.55. The molecule has 0 spiro atoms. The van der Waals surface area contributed by atoms with Crippen LogP contribution in [0.3, 0.4) is 0 Å². The predicted octanol–water partition coefficient (Wildman–Crippen LogP) is 1.08. The third kappa shape index (κ3) is 1.39. The maximum absolute atomic E-state index is 10.8. The number of para-hydroxylation sites is 1. The van der Waals surface area contributed by atoms with Gasteiger partial charge in [-0.05, 0) is 24.5 Å². The number of benzene rings is 1. The zero-order valence-electron chi connectivity index (χ0n) is 7.66. The zero-order valence-corrected chi connectivity index (χ0v) is 7.66. The minimum absolute atomic E-state index is 0.507. The summed E-state index contributed by atoms with van der Waals surface area (Å²) in [5, 5.41) is 11.8. The lowest BCUT2D eigenvalue weighted by atomic mass is 9.97. The van der Waals surface area contributed by atoms with Crippen molar-refractivity contribution in [1.29, 1.82) is 0 Å². The second-order valence-electron chi connectivity index (χ2n) is 3.46. The molecule has 0 aromatic heterocycles. The molecule has 0 bridgehead atoms. The number of anilines is 2. The third-order valence-electron chi connectivity index (χ3n) is 2.50. The summed E-state index contributed by atoms with van der Waals surface area (Å²) in [6.07, 6.45) is 1.39. The molecule has 1 aromatic carbocycles. The van der Waals surface area contributed by atoms with Gasteiger partial charge in [0.25, 0.3) is 0 Å². The van der Waals surface area contributed by atoms with Crippen LogP contribution in [0.5, 0.6) is 0 Å². The van der Waals surface area contributed by atoms with Gasteiger partial charge in [-0.15, -0.1) is 0 Å². The van der Waals surface area contributed by atoms with Gasteiger partial charge in [-0.3, -0.25) is 0 Å². The van der Waals surface area contributed by atoms with E-state index in [0.29, 0.717) is 12.1 Å². The lowest BCUT2D eigenvalue weighted by Crippen LogP contribution is -2.33. The van der Waals surface area contributed by atoms with Crippen molar-refractivity contribution >= 4 is 17.3 Å². The van der Waals surface area contributed by atoms with E-state index in [1.807, 2.05) is 12.1 Å². The molecule has 4 nitrogen and oxygen atoms in total. The van der Waals surface area contributed by atoms with Crippen LogP contribution in [-0.4, -0.2) is 17.1 Å². The van der Waals surface area contributed by atoms with Crippen LogP contribution in [0.2, 0.25) is 0 Å². The summed E-state index contributed by atoms with van der Waals surface area (Å²) in [7, 11) is 0. The van der Waals surface area contributed by atoms with Gasteiger partial charge in [0.1, 0.15) is 6.04 Å². The van der Waals surface area contributed by atoms with Gasteiger partial charge in [-0.25, -0.2) is 4.79 Å². The Morgan fingerprint density at radius 2 is 2.36 bits per heavy atom. The number of nitrogens with two attached hydrogens (primary N) is 1. The number of carboxylic acids is 1. The first-order chi connectivity index (χ1) is 6.68. The first-order valence-corrected chi connectivity index (χ1v) is 4.55. The van der Waals surface area contributed by atoms with Crippen LogP contribution >= 0.6 is 0 Å². The van der Waals surface area contributed by atoms with E-state index in [1.54, 1.807) is 6.07 Å². The van der Waals surface area contributed by atoms with Gasteiger partial charge in [0, 0.05) is 0 Å². The van der Waals surface area contributed by atoms with Crippen molar-refractivity contribution in [2.24, 2.45) is 0 Å². The van der Waals surface area contributed by atoms with Gasteiger partial charge < -0.3 is 16.2 Å². The average Bonchev–Trinajstić information content (AvgIpc) is 2.18. The van der Waals surface area contributed by atoms with Crippen LogP contribution in [0.4, 0.5) is 11.4 Å². The summed E-state index contributed by atoms with van der Waals surface area (Å²) in [5.41, 5.74) is 8.25. The smallest absolute Gasteiger partial charge is 0.326 e. The van der Waals surface area contributed by atoms with Crippen molar-refractivity contribution in [2.45, 2.75) is 18.9 Å². The van der Waals surface area contributed by atoms with Gasteiger partial charge in [0.15, 0.2) is 0 Å². The van der Waals surface area contributed by atoms with Crippen LogP contribution < -0.4 is 11.1 Å². The molecule has 1 atom stereocenters. The lowest BCUT2D eigenvalue weighted by molar-refractivity contribution is -0.138. The van der Waals surface area contributed by atoms with Crippen LogP contribution in [0.1, 0.15) is 12.0 Å². The first kappa shape index (κ1) is 8.87. The molecule has 74 valence electrons. The van der Waals surface area contributed by atoms with Crippen molar-refractivity contribution < 1.29 is 9.90 Å². The highest BCUT2D eigenvalue weighted by Crippen LogP contribution is 2.29. The number of aliphatic carboxylic acids is 1. The van der Waals surface area contributed by atoms with E-state index in [1.165, 1.54) is 0 Å². The van der Waals surface area contributed by atoms with E-state index < -0.39 is 12.0 Å². The number of hydrogen-bond acceptors (Lipinski definition) is 3. The van der Waals surface area contributed by atoms with Crippen LogP contribution in [0.25, 0.3) is 0 Å². The summed E-state index contributed by atoms with van der Waals surface area (Å²) in [6, 6.07) is 5.12. The molecule has 0 saturated heterocycles. The molecular weight excluding hydrogens is 180 g/mol. The van der Waals surface area contributed by atoms with E-state index >= 15 is 0 Å². The van der Waals surface area contributed by atoms with Gasteiger partial charge in [-0.1, -0.05) is 12.1 Å². The third-order valence-corrected chi connectivity index (χ3v) is 2.50. The largest absolute Gasteiger partial charge is 0.480 e. The van der Waals surface area contributed by atoms with Crippen molar-refractivity contribution in [3.8, 4) is 0 Å². The molecule has 0 fully saturated rings. The quantitative estimate of drug-likeness (QED) is 0.582. The number of fused-ring (bicyclic) bond motifs is 1. The second kappa shape index (κ2) is 3.21. The van der Waals surface area contributed by atoms with Crippen LogP contribution in [-0.2, 0) is 11.2 Å². The van der Waals surface area contributed by atoms with E-state index in [-0.39, 0.29) is 0 Å². The van der Waals surface area contributed by atoms with Gasteiger partial charge in [0.05, 0.1) is 11.4 Å². The summed E-state index contributed by atoms with van der Waals surface area (Å²) in [5.74, 6) is -0.820. The summed E-state index contributed by atoms with van der Waals surface area (Å²) < 4.78 is 0. The minimum Gasteiger partial charge on any atom is -0.480 e. The highest BCUT2D eigenvalue weighted by Gasteiger charge is 2.24. The highest BCUT2D eigenvalue weighted by atomic mass is 16.4. The van der Waals surface area contributed by atoms with E-state index in [4.69, 9.17) is 10.8 Å². The normalized spacial score (nSPS) is 19.6. The summed E-state index contributed by atoms with van der Waals surface area (Å²) in [6.45, 7) is 0. The molecule has 2 rings (SSSR count). The monoisotopic (exact) mass is 192 g/mol. The topological polar surface area (TPSA) is 75.3 Å². The number of hydrogen-bond donors (Lipinski definition) is 3. The Morgan fingerprint density at radius 1 is 1.57 bits per heavy atom. The molecule has 0 saturated carbocycles. The molecule has 1 aliphatic heterocycles. The molecule has 1 aromatic rings. The molecule has 4 N–H and O–H groups in total. The predicted molar refractivity (Wildman–Crippen MR) is 54.2 cm³/mol. The number of nitrogens with one attached hydrogen (secondary N) is 1. The highest BCUT2D eigenvalue weighted by molar-refractivity contribution is 5.82. The summed E-state index contributed by atoms with van der Waals surface area (Å²) in [4.78, 5) is 10.8. The fraction of sp³-hybridized carbons (Fsp3) is 0.300. The molecule has 4 heteroatoms. The minimum atomic E-state index is -0.820. The van der Waals surface area contributed by atoms with Gasteiger partial charge in [0.2, 0.25) is 0 Å². The lowest BCUT2D eigenvalue weighted by Gasteiger charge is -2.25. The van der Waals surface area contributed by atoms with E-state index in [9.17, 15) is 4.79 Å². The van der Waals surface area contributed by atoms with E-state index in [2.05, 4.69) is 5.32 Å². The Balaban J connectivity index is 2.33. The zero-order chi connectivity index (χ0) is 10.1. The molecule has 1 heterocycles.